The number of imidazole rings is 2. The molecule has 10 atom stereocenters. The molecule has 0 saturated carbocycles. The number of rotatable bonds is 2. The van der Waals surface area contributed by atoms with Crippen molar-refractivity contribution in [2.45, 2.75) is 46.9 Å². The minimum Gasteiger partial charge on any atom is -0.397 e. The third kappa shape index (κ3) is 5.01. The van der Waals surface area contributed by atoms with Gasteiger partial charge in [0.05, 0.1) is 43.4 Å². The fourth-order valence-electron chi connectivity index (χ4n) is 6.03. The van der Waals surface area contributed by atoms with E-state index in [0.717, 1.165) is 11.8 Å². The molecule has 4 fully saturated rings. The van der Waals surface area contributed by atoms with Crippen LogP contribution in [0.3, 0.4) is 0 Å². The molecule has 246 valence electrons. The average molecular weight is 736 g/mol. The van der Waals surface area contributed by atoms with Gasteiger partial charge in [-0.05, 0) is 17.9 Å². The molecular weight excluding hydrogens is 711 g/mol. The highest BCUT2D eigenvalue weighted by molar-refractivity contribution is 8.44. The molecule has 4 bridgehead atoms. The molecule has 24 heteroatoms. The summed E-state index contributed by atoms with van der Waals surface area (Å²) in [6, 6.07) is 1.60. The second-order valence-electron chi connectivity index (χ2n) is 11.0. The average Bonchev–Trinajstić information content (AvgIpc) is 3.80. The van der Waals surface area contributed by atoms with Crippen molar-refractivity contribution in [3.8, 4) is 0 Å². The van der Waals surface area contributed by atoms with Gasteiger partial charge in [0.2, 0.25) is 5.95 Å². The van der Waals surface area contributed by atoms with Crippen LogP contribution in [0, 0.1) is 0 Å². The topological polar surface area (TPSA) is 239 Å². The molecule has 4 aliphatic heterocycles. The van der Waals surface area contributed by atoms with Crippen molar-refractivity contribution in [3.05, 3.63) is 35.3 Å². The minimum absolute atomic E-state index is 0.0392. The van der Waals surface area contributed by atoms with Crippen LogP contribution < -0.4 is 17.0 Å². The number of aromatic amines is 1. The fraction of sp³-hybridized carbons (Fsp3) is 0.500. The molecule has 4 aromatic heterocycles. The van der Waals surface area contributed by atoms with E-state index in [2.05, 4.69) is 37.2 Å². The SMILES string of the molecule is Nc1nc2c(ncn2[C@@H]2S[C@@H]3COP(O)(=S)O[C@H]4[C@H]5OC[C@]4(COP(=O)(S)O[C@@H]2[C@H]3F)O[C@H]5n2cnc3c(N)ccnc32)c(=O)[nH]1. The largest absolute Gasteiger partial charge is 0.397 e. The summed E-state index contributed by atoms with van der Waals surface area (Å²) in [7, 11) is 0. The number of nitrogens with two attached hydrogens (primary N) is 2. The van der Waals surface area contributed by atoms with Crippen molar-refractivity contribution in [3.63, 3.8) is 0 Å². The van der Waals surface area contributed by atoms with Crippen LogP contribution in [0.15, 0.2) is 29.7 Å². The first kappa shape index (κ1) is 31.1. The van der Waals surface area contributed by atoms with Crippen LogP contribution in [-0.4, -0.2) is 94.1 Å². The van der Waals surface area contributed by atoms with E-state index in [9.17, 15) is 14.3 Å². The lowest BCUT2D eigenvalue weighted by atomic mass is 10.0. The molecule has 4 aliphatic rings. The second-order valence-corrected chi connectivity index (χ2v) is 18.0. The van der Waals surface area contributed by atoms with Crippen molar-refractivity contribution >= 4 is 83.3 Å². The normalized spacial score (nSPS) is 39.7. The maximum atomic E-state index is 16.1. The molecule has 0 radical (unpaired) electrons. The van der Waals surface area contributed by atoms with Gasteiger partial charge in [0, 0.05) is 6.20 Å². The number of hydrogen-bond acceptors (Lipinski definition) is 16. The molecule has 0 aromatic carbocycles. The zero-order chi connectivity index (χ0) is 32.2. The molecule has 4 saturated heterocycles. The first-order valence-corrected chi connectivity index (χ1v) is 19.8. The standard InChI is InChI=1S/C22H24FN9O9P2S3/c23-10-9-3-37-42(34,44)41-15-14-19(31-6-27-11-8(24)1-2-26-16(11)31)39-22(15,4-36-14)5-38-43(35,45)40-13(10)20(46-9)32-7-28-12-17(32)29-21(25)30-18(12)33/h1-2,6-7,9-10,13-15,19-20H,3-5H2,(H2,24,26)(H,34,44)(H,35,45)(H3,25,29,30,33)/t9-,10+,13-,14-,15+,19-,20-,22-,42?,43?/m1/s1. The van der Waals surface area contributed by atoms with Gasteiger partial charge in [0.25, 0.3) is 5.56 Å². The quantitative estimate of drug-likeness (QED) is 0.144. The van der Waals surface area contributed by atoms with Crippen LogP contribution >= 0.6 is 37.5 Å². The van der Waals surface area contributed by atoms with Crippen molar-refractivity contribution < 1.29 is 41.4 Å². The van der Waals surface area contributed by atoms with Crippen molar-refractivity contribution in [1.29, 1.82) is 0 Å². The predicted molar refractivity (Wildman–Crippen MR) is 167 cm³/mol. The number of halogens is 1. The fourth-order valence-corrected chi connectivity index (χ4v) is 10.6. The number of anilines is 2. The molecule has 0 spiro atoms. The first-order valence-electron chi connectivity index (χ1n) is 13.5. The Bertz CT molecular complexity index is 2040. The van der Waals surface area contributed by atoms with E-state index in [-0.39, 0.29) is 23.7 Å². The summed E-state index contributed by atoms with van der Waals surface area (Å²) < 4.78 is 68.4. The first-order chi connectivity index (χ1) is 21.8. The smallest absolute Gasteiger partial charge is 0.386 e. The lowest BCUT2D eigenvalue weighted by Crippen LogP contribution is -2.45. The number of fused-ring (bicyclic) bond motifs is 4. The Kier molecular flexibility index (Phi) is 7.37. The van der Waals surface area contributed by atoms with E-state index in [1.807, 2.05) is 0 Å². The van der Waals surface area contributed by atoms with E-state index >= 15 is 4.39 Å². The molecule has 8 rings (SSSR count). The maximum absolute atomic E-state index is 16.1. The maximum Gasteiger partial charge on any atom is 0.386 e. The number of alkyl halides is 1. The Balaban J connectivity index is 1.14. The minimum atomic E-state index is -4.36. The van der Waals surface area contributed by atoms with Crippen molar-refractivity contribution in [2.24, 2.45) is 0 Å². The number of H-pyrrole nitrogens is 1. The third-order valence-electron chi connectivity index (χ3n) is 8.10. The number of nitrogens with one attached hydrogen (secondary N) is 1. The highest BCUT2D eigenvalue weighted by Gasteiger charge is 2.65. The Morgan fingerprint density at radius 1 is 1.13 bits per heavy atom. The number of hydrogen-bond donors (Lipinski definition) is 5. The number of nitrogens with zero attached hydrogens (tertiary/aromatic N) is 6. The van der Waals surface area contributed by atoms with Gasteiger partial charge in [0.1, 0.15) is 41.0 Å². The summed E-state index contributed by atoms with van der Waals surface area (Å²) in [6.45, 7) is -9.50. The van der Waals surface area contributed by atoms with Gasteiger partial charge >= 0.3 is 13.5 Å². The number of aromatic nitrogens is 7. The number of thioether (sulfide) groups is 1. The predicted octanol–water partition coefficient (Wildman–Crippen LogP) is 1.42. The van der Waals surface area contributed by atoms with Gasteiger partial charge in [-0.15, -0.1) is 11.8 Å². The summed E-state index contributed by atoms with van der Waals surface area (Å²) >= 11 is 10.5. The highest BCUT2D eigenvalue weighted by atomic mass is 32.7. The molecule has 4 aromatic rings. The molecule has 6 N–H and O–H groups in total. The lowest BCUT2D eigenvalue weighted by molar-refractivity contribution is -0.182. The van der Waals surface area contributed by atoms with E-state index < -0.39 is 79.2 Å². The van der Waals surface area contributed by atoms with E-state index in [1.54, 1.807) is 10.6 Å². The van der Waals surface area contributed by atoms with Gasteiger partial charge in [-0.2, -0.15) is 4.98 Å². The number of nitrogen functional groups attached to an aromatic ring is 2. The summed E-state index contributed by atoms with van der Waals surface area (Å²) in [5, 5.41) is -2.03. The van der Waals surface area contributed by atoms with Crippen LogP contribution in [0.4, 0.5) is 16.0 Å². The molecule has 18 nitrogen and oxygen atoms in total. The Labute approximate surface area is 271 Å². The molecule has 46 heavy (non-hydrogen) atoms. The number of pyridine rings is 1. The van der Waals surface area contributed by atoms with Crippen molar-refractivity contribution in [1.82, 2.24) is 34.1 Å². The van der Waals surface area contributed by atoms with Crippen LogP contribution in [0.25, 0.3) is 22.3 Å². The van der Waals surface area contributed by atoms with Gasteiger partial charge in [-0.3, -0.25) is 32.5 Å². The molecule has 2 unspecified atom stereocenters. The third-order valence-corrected chi connectivity index (χ3v) is 12.8. The van der Waals surface area contributed by atoms with Gasteiger partial charge in [-0.1, -0.05) is 12.2 Å². The van der Waals surface area contributed by atoms with Gasteiger partial charge in [0.15, 0.2) is 23.0 Å². The van der Waals surface area contributed by atoms with Crippen LogP contribution in [0.1, 0.15) is 11.6 Å². The second kappa shape index (κ2) is 10.9. The van der Waals surface area contributed by atoms with Crippen LogP contribution in [0.2, 0.25) is 0 Å². The van der Waals surface area contributed by atoms with Crippen LogP contribution in [0.5, 0.6) is 0 Å². The molecular formula is C22H24FN9O9P2S3. The summed E-state index contributed by atoms with van der Waals surface area (Å²) in [6.07, 6.45) is -1.96. The number of thiol groups is 1. The zero-order valence-corrected chi connectivity index (χ0v) is 27.4. The summed E-state index contributed by atoms with van der Waals surface area (Å²) in [5.41, 5.74) is 10.9. The van der Waals surface area contributed by atoms with E-state index in [4.69, 9.17) is 50.8 Å². The molecule has 8 heterocycles. The van der Waals surface area contributed by atoms with Crippen molar-refractivity contribution in [2.75, 3.05) is 31.3 Å². The van der Waals surface area contributed by atoms with E-state index in [1.165, 1.54) is 23.4 Å². The monoisotopic (exact) mass is 735 g/mol. The van der Waals surface area contributed by atoms with Crippen LogP contribution in [-0.2, 0) is 43.9 Å². The highest BCUT2D eigenvalue weighted by Crippen LogP contribution is 2.62. The Morgan fingerprint density at radius 2 is 1.91 bits per heavy atom. The van der Waals surface area contributed by atoms with Gasteiger partial charge in [-0.25, -0.2) is 23.9 Å². The summed E-state index contributed by atoms with van der Waals surface area (Å²) in [5.74, 6) is -0.191. The molecule has 0 aliphatic carbocycles. The Hall–Kier alpha value is -2.20. The summed E-state index contributed by atoms with van der Waals surface area (Å²) in [4.78, 5) is 42.8. The molecule has 0 amide bonds. The van der Waals surface area contributed by atoms with E-state index in [0.29, 0.717) is 16.9 Å². The Morgan fingerprint density at radius 3 is 2.74 bits per heavy atom. The zero-order valence-electron chi connectivity index (χ0n) is 23.1. The lowest BCUT2D eigenvalue weighted by Gasteiger charge is -2.33. The number of ether oxygens (including phenoxy) is 2. The van der Waals surface area contributed by atoms with Gasteiger partial charge < -0.3 is 30.4 Å².